The van der Waals surface area contributed by atoms with Gasteiger partial charge in [0.25, 0.3) is 5.91 Å². The van der Waals surface area contributed by atoms with E-state index in [1.807, 2.05) is 19.1 Å². The fourth-order valence-electron chi connectivity index (χ4n) is 2.32. The molecule has 0 aliphatic heterocycles. The number of anilines is 1. The molecule has 2 aromatic heterocycles. The summed E-state index contributed by atoms with van der Waals surface area (Å²) in [6.07, 6.45) is 5.12. The monoisotopic (exact) mass is 338 g/mol. The maximum Gasteiger partial charge on any atom is 0.256 e. The number of rotatable bonds is 6. The van der Waals surface area contributed by atoms with Gasteiger partial charge in [-0.15, -0.1) is 0 Å². The molecular formula is C17H18N6O2. The molecular weight excluding hydrogens is 320 g/mol. The first kappa shape index (κ1) is 16.4. The van der Waals surface area contributed by atoms with Crippen molar-refractivity contribution >= 4 is 17.6 Å². The molecule has 0 saturated carbocycles. The Morgan fingerprint density at radius 3 is 2.80 bits per heavy atom. The Morgan fingerprint density at radius 2 is 2.04 bits per heavy atom. The number of hydrogen-bond donors (Lipinski definition) is 2. The lowest BCUT2D eigenvalue weighted by Gasteiger charge is -2.06. The summed E-state index contributed by atoms with van der Waals surface area (Å²) in [5.74, 6) is -0.0218. The van der Waals surface area contributed by atoms with E-state index in [1.54, 1.807) is 47.5 Å². The molecule has 0 aliphatic carbocycles. The number of carbonyl (C=O) groups is 2. The van der Waals surface area contributed by atoms with Crippen LogP contribution in [0.3, 0.4) is 0 Å². The molecule has 3 rings (SSSR count). The highest BCUT2D eigenvalue weighted by molar-refractivity contribution is 6.04. The standard InChI is InChI=1S/C17H18N6O2/c1-2-18-16(24)12-22-10-7-15(21-22)20-17(25)13-5-3-6-14(11-13)23-9-4-8-19-23/h3-11H,2,12H2,1H3,(H,18,24)(H,20,21,25). The van der Waals surface area contributed by atoms with Gasteiger partial charge in [0.1, 0.15) is 6.54 Å². The zero-order valence-electron chi connectivity index (χ0n) is 13.7. The number of amides is 2. The summed E-state index contributed by atoms with van der Waals surface area (Å²) in [5.41, 5.74) is 1.28. The topological polar surface area (TPSA) is 93.8 Å². The second-order valence-corrected chi connectivity index (χ2v) is 5.31. The van der Waals surface area contributed by atoms with Crippen molar-refractivity contribution in [3.05, 3.63) is 60.6 Å². The van der Waals surface area contributed by atoms with Crippen LogP contribution in [0.5, 0.6) is 0 Å². The van der Waals surface area contributed by atoms with Crippen molar-refractivity contribution in [2.75, 3.05) is 11.9 Å². The van der Waals surface area contributed by atoms with Gasteiger partial charge in [0.2, 0.25) is 5.91 Å². The minimum atomic E-state index is -0.280. The molecule has 8 nitrogen and oxygen atoms in total. The van der Waals surface area contributed by atoms with Crippen molar-refractivity contribution in [1.82, 2.24) is 24.9 Å². The van der Waals surface area contributed by atoms with Crippen molar-refractivity contribution in [2.24, 2.45) is 0 Å². The van der Waals surface area contributed by atoms with Crippen LogP contribution >= 0.6 is 0 Å². The highest BCUT2D eigenvalue weighted by Crippen LogP contribution is 2.12. The van der Waals surface area contributed by atoms with Gasteiger partial charge < -0.3 is 10.6 Å². The van der Waals surface area contributed by atoms with E-state index in [-0.39, 0.29) is 18.4 Å². The molecule has 2 amide bonds. The lowest BCUT2D eigenvalue weighted by Crippen LogP contribution is -2.27. The summed E-state index contributed by atoms with van der Waals surface area (Å²) in [5, 5.41) is 13.7. The van der Waals surface area contributed by atoms with Crippen LogP contribution in [-0.4, -0.2) is 37.9 Å². The van der Waals surface area contributed by atoms with Crippen LogP contribution in [0.2, 0.25) is 0 Å². The van der Waals surface area contributed by atoms with E-state index in [0.717, 1.165) is 5.69 Å². The third kappa shape index (κ3) is 4.11. The van der Waals surface area contributed by atoms with Gasteiger partial charge in [0.15, 0.2) is 5.82 Å². The van der Waals surface area contributed by atoms with Crippen LogP contribution in [0.1, 0.15) is 17.3 Å². The van der Waals surface area contributed by atoms with Gasteiger partial charge in [-0.1, -0.05) is 6.07 Å². The molecule has 1 aromatic carbocycles. The highest BCUT2D eigenvalue weighted by Gasteiger charge is 2.10. The Bertz CT molecular complexity index is 869. The highest BCUT2D eigenvalue weighted by atomic mass is 16.2. The van der Waals surface area contributed by atoms with E-state index in [0.29, 0.717) is 17.9 Å². The lowest BCUT2D eigenvalue weighted by atomic mass is 10.2. The first-order valence-electron chi connectivity index (χ1n) is 7.87. The molecule has 0 saturated heterocycles. The fourth-order valence-corrected chi connectivity index (χ4v) is 2.32. The number of benzene rings is 1. The molecule has 3 aromatic rings. The second kappa shape index (κ2) is 7.43. The molecule has 0 spiro atoms. The second-order valence-electron chi connectivity index (χ2n) is 5.31. The number of nitrogens with zero attached hydrogens (tertiary/aromatic N) is 4. The first-order chi connectivity index (χ1) is 12.2. The van der Waals surface area contributed by atoms with E-state index in [9.17, 15) is 9.59 Å². The normalized spacial score (nSPS) is 10.4. The van der Waals surface area contributed by atoms with Crippen molar-refractivity contribution in [2.45, 2.75) is 13.5 Å². The average Bonchev–Trinajstić information content (AvgIpc) is 3.27. The minimum Gasteiger partial charge on any atom is -0.355 e. The summed E-state index contributed by atoms with van der Waals surface area (Å²) in [4.78, 5) is 23.9. The Balaban J connectivity index is 1.68. The number of carbonyl (C=O) groups excluding carboxylic acids is 2. The van der Waals surface area contributed by atoms with Gasteiger partial charge in [-0.05, 0) is 31.2 Å². The van der Waals surface area contributed by atoms with Crippen LogP contribution < -0.4 is 10.6 Å². The van der Waals surface area contributed by atoms with Gasteiger partial charge in [0.05, 0.1) is 5.69 Å². The number of nitrogens with one attached hydrogen (secondary N) is 2. The minimum absolute atomic E-state index is 0.110. The predicted octanol–water partition coefficient (Wildman–Crippen LogP) is 1.46. The molecule has 0 atom stereocenters. The Kier molecular flexibility index (Phi) is 4.89. The Morgan fingerprint density at radius 1 is 1.16 bits per heavy atom. The predicted molar refractivity (Wildman–Crippen MR) is 92.4 cm³/mol. The molecule has 2 N–H and O–H groups in total. The molecule has 128 valence electrons. The molecule has 0 radical (unpaired) electrons. The third-order valence-corrected chi connectivity index (χ3v) is 3.44. The van der Waals surface area contributed by atoms with E-state index in [4.69, 9.17) is 0 Å². The average molecular weight is 338 g/mol. The smallest absolute Gasteiger partial charge is 0.256 e. The fraction of sp³-hybridized carbons (Fsp3) is 0.176. The van der Waals surface area contributed by atoms with E-state index >= 15 is 0 Å². The summed E-state index contributed by atoms with van der Waals surface area (Å²) < 4.78 is 3.15. The largest absolute Gasteiger partial charge is 0.355 e. The van der Waals surface area contributed by atoms with Crippen LogP contribution in [0, 0.1) is 0 Å². The molecule has 0 fully saturated rings. The van der Waals surface area contributed by atoms with Gasteiger partial charge in [-0.25, -0.2) is 4.68 Å². The molecule has 0 bridgehead atoms. The number of hydrogen-bond acceptors (Lipinski definition) is 4. The Hall–Kier alpha value is -3.42. The SMILES string of the molecule is CCNC(=O)Cn1ccc(NC(=O)c2cccc(-n3cccn3)c2)n1. The molecule has 8 heteroatoms. The molecule has 2 heterocycles. The van der Waals surface area contributed by atoms with Crippen LogP contribution in [0.4, 0.5) is 5.82 Å². The van der Waals surface area contributed by atoms with Gasteiger partial charge in [-0.2, -0.15) is 10.2 Å². The molecule has 0 unspecified atom stereocenters. The number of likely N-dealkylation sites (N-methyl/N-ethyl adjacent to an activating group) is 1. The van der Waals surface area contributed by atoms with Crippen LogP contribution in [0.15, 0.2) is 55.0 Å². The zero-order chi connectivity index (χ0) is 17.6. The van der Waals surface area contributed by atoms with E-state index in [1.165, 1.54) is 4.68 Å². The Labute approximate surface area is 144 Å². The summed E-state index contributed by atoms with van der Waals surface area (Å²) in [6.45, 7) is 2.53. The van der Waals surface area contributed by atoms with Crippen LogP contribution in [-0.2, 0) is 11.3 Å². The lowest BCUT2D eigenvalue weighted by molar-refractivity contribution is -0.121. The van der Waals surface area contributed by atoms with Crippen LogP contribution in [0.25, 0.3) is 5.69 Å². The maximum atomic E-state index is 12.4. The first-order valence-corrected chi connectivity index (χ1v) is 7.87. The summed E-state index contributed by atoms with van der Waals surface area (Å²) >= 11 is 0. The van der Waals surface area contributed by atoms with Gasteiger partial charge in [0, 0.05) is 36.8 Å². The molecule has 0 aliphatic rings. The zero-order valence-corrected chi connectivity index (χ0v) is 13.7. The maximum absolute atomic E-state index is 12.4. The third-order valence-electron chi connectivity index (χ3n) is 3.44. The van der Waals surface area contributed by atoms with Crippen molar-refractivity contribution in [1.29, 1.82) is 0 Å². The molecule has 25 heavy (non-hydrogen) atoms. The quantitative estimate of drug-likeness (QED) is 0.711. The van der Waals surface area contributed by atoms with Gasteiger partial charge >= 0.3 is 0 Å². The van der Waals surface area contributed by atoms with Crippen molar-refractivity contribution < 1.29 is 9.59 Å². The van der Waals surface area contributed by atoms with Crippen molar-refractivity contribution in [3.63, 3.8) is 0 Å². The van der Waals surface area contributed by atoms with E-state index in [2.05, 4.69) is 20.8 Å². The van der Waals surface area contributed by atoms with E-state index < -0.39 is 0 Å². The van der Waals surface area contributed by atoms with Crippen molar-refractivity contribution in [3.8, 4) is 5.69 Å². The summed E-state index contributed by atoms with van der Waals surface area (Å²) in [7, 11) is 0. The summed E-state index contributed by atoms with van der Waals surface area (Å²) in [6, 6.07) is 10.6. The van der Waals surface area contributed by atoms with Gasteiger partial charge in [-0.3, -0.25) is 14.3 Å². The number of aromatic nitrogens is 4.